The number of ether oxygens (including phenoxy) is 1. The zero-order chi connectivity index (χ0) is 18.7. The number of fused-ring (bicyclic) bond motifs is 1. The Kier molecular flexibility index (Phi) is 5.79. The van der Waals surface area contributed by atoms with Gasteiger partial charge in [-0.2, -0.15) is 4.99 Å². The second-order valence-corrected chi connectivity index (χ2v) is 7.70. The molecule has 0 N–H and O–H groups in total. The molecule has 0 saturated carbocycles. The third kappa shape index (κ3) is 4.17. The summed E-state index contributed by atoms with van der Waals surface area (Å²) >= 11 is 7.58. The monoisotopic (exact) mass is 388 g/mol. The summed E-state index contributed by atoms with van der Waals surface area (Å²) in [5.41, 5.74) is 1.59. The fourth-order valence-electron chi connectivity index (χ4n) is 2.67. The van der Waals surface area contributed by atoms with Gasteiger partial charge < -0.3 is 9.30 Å². The quantitative estimate of drug-likeness (QED) is 0.595. The molecule has 0 aliphatic rings. The molecule has 3 rings (SSSR count). The Hall–Kier alpha value is -2.11. The molecule has 0 fully saturated rings. The van der Waals surface area contributed by atoms with Crippen LogP contribution in [-0.2, 0) is 6.54 Å². The van der Waals surface area contributed by atoms with Crippen LogP contribution in [0.1, 0.15) is 37.6 Å². The topological polar surface area (TPSA) is 43.6 Å². The second-order valence-electron chi connectivity index (χ2n) is 6.26. The third-order valence-corrected chi connectivity index (χ3v) is 5.04. The van der Waals surface area contributed by atoms with Gasteiger partial charge in [-0.1, -0.05) is 29.9 Å². The number of carbonyl (C=O) groups is 1. The third-order valence-electron chi connectivity index (χ3n) is 3.76. The van der Waals surface area contributed by atoms with Crippen molar-refractivity contribution < 1.29 is 9.53 Å². The highest BCUT2D eigenvalue weighted by molar-refractivity contribution is 7.16. The second kappa shape index (κ2) is 8.06. The number of aromatic nitrogens is 1. The molecule has 3 aromatic rings. The van der Waals surface area contributed by atoms with E-state index < -0.39 is 0 Å². The zero-order valence-electron chi connectivity index (χ0n) is 15.0. The summed E-state index contributed by atoms with van der Waals surface area (Å²) in [7, 11) is 0. The molecular formula is C20H21ClN2O2S. The van der Waals surface area contributed by atoms with Gasteiger partial charge in [-0.15, -0.1) is 0 Å². The zero-order valence-corrected chi connectivity index (χ0v) is 16.6. The Labute approximate surface area is 161 Å². The molecule has 1 aromatic heterocycles. The number of amides is 1. The normalized spacial score (nSPS) is 12.1. The number of benzene rings is 2. The number of thiazole rings is 1. The molecule has 0 saturated heterocycles. The molecule has 2 aromatic carbocycles. The molecule has 0 bridgehead atoms. The number of hydrogen-bond acceptors (Lipinski definition) is 3. The average molecular weight is 389 g/mol. The summed E-state index contributed by atoms with van der Waals surface area (Å²) in [5.74, 6) is 0.484. The minimum Gasteiger partial charge on any atom is -0.491 e. The van der Waals surface area contributed by atoms with E-state index in [-0.39, 0.29) is 12.0 Å². The first-order valence-electron chi connectivity index (χ1n) is 8.62. The highest BCUT2D eigenvalue weighted by Crippen LogP contribution is 2.22. The van der Waals surface area contributed by atoms with E-state index in [1.54, 1.807) is 24.3 Å². The fraction of sp³-hybridized carbons (Fsp3) is 0.300. The molecule has 0 aliphatic heterocycles. The molecule has 1 amide bonds. The van der Waals surface area contributed by atoms with E-state index in [1.807, 2.05) is 32.0 Å². The van der Waals surface area contributed by atoms with Gasteiger partial charge in [0.15, 0.2) is 4.80 Å². The van der Waals surface area contributed by atoms with Crippen molar-refractivity contribution in [3.05, 3.63) is 57.9 Å². The van der Waals surface area contributed by atoms with Gasteiger partial charge in [0.25, 0.3) is 5.91 Å². The van der Waals surface area contributed by atoms with Crippen molar-refractivity contribution in [2.24, 2.45) is 4.99 Å². The van der Waals surface area contributed by atoms with Crippen molar-refractivity contribution in [2.45, 2.75) is 39.8 Å². The summed E-state index contributed by atoms with van der Waals surface area (Å²) in [5, 5.41) is 0.681. The van der Waals surface area contributed by atoms with Gasteiger partial charge in [0.05, 0.1) is 16.3 Å². The fourth-order valence-corrected chi connectivity index (χ4v) is 4.00. The van der Waals surface area contributed by atoms with E-state index in [0.717, 1.165) is 28.9 Å². The van der Waals surface area contributed by atoms with Crippen LogP contribution in [0.2, 0.25) is 5.02 Å². The lowest BCUT2D eigenvalue weighted by Gasteiger charge is -2.09. The van der Waals surface area contributed by atoms with E-state index >= 15 is 0 Å². The Morgan fingerprint density at radius 1 is 1.23 bits per heavy atom. The van der Waals surface area contributed by atoms with Crippen molar-refractivity contribution >= 4 is 39.1 Å². The molecule has 1 heterocycles. The Bertz CT molecular complexity index is 987. The van der Waals surface area contributed by atoms with E-state index in [1.165, 1.54) is 11.3 Å². The lowest BCUT2D eigenvalue weighted by atomic mass is 10.2. The molecule has 0 atom stereocenters. The standard InChI is InChI=1S/C20H21ClN2O2S/c1-4-11-23-17-10-7-15(21)12-18(17)26-20(23)22-19(24)14-5-8-16(9-6-14)25-13(2)3/h5-10,12-13H,4,11H2,1-3H3. The Morgan fingerprint density at radius 3 is 2.62 bits per heavy atom. The van der Waals surface area contributed by atoms with Crippen molar-refractivity contribution in [3.8, 4) is 5.75 Å². The minimum absolute atomic E-state index is 0.0969. The number of rotatable bonds is 5. The maximum absolute atomic E-state index is 12.6. The first-order chi connectivity index (χ1) is 12.5. The molecular weight excluding hydrogens is 368 g/mol. The van der Waals surface area contributed by atoms with Crippen LogP contribution in [0.25, 0.3) is 10.2 Å². The van der Waals surface area contributed by atoms with Gasteiger partial charge in [-0.05, 0) is 62.7 Å². The Morgan fingerprint density at radius 2 is 1.96 bits per heavy atom. The van der Waals surface area contributed by atoms with E-state index in [4.69, 9.17) is 16.3 Å². The smallest absolute Gasteiger partial charge is 0.279 e. The lowest BCUT2D eigenvalue weighted by molar-refractivity contribution is 0.0998. The number of aryl methyl sites for hydroxylation is 1. The largest absolute Gasteiger partial charge is 0.491 e. The summed E-state index contributed by atoms with van der Waals surface area (Å²) in [6, 6.07) is 12.8. The van der Waals surface area contributed by atoms with Crippen LogP contribution in [0.15, 0.2) is 47.5 Å². The summed E-state index contributed by atoms with van der Waals surface area (Å²) in [6.07, 6.45) is 1.05. The maximum atomic E-state index is 12.6. The van der Waals surface area contributed by atoms with Gasteiger partial charge in [0, 0.05) is 17.1 Å². The molecule has 26 heavy (non-hydrogen) atoms. The van der Waals surface area contributed by atoms with E-state index in [9.17, 15) is 4.79 Å². The van der Waals surface area contributed by atoms with Crippen LogP contribution in [0.5, 0.6) is 5.75 Å². The number of carbonyl (C=O) groups excluding carboxylic acids is 1. The van der Waals surface area contributed by atoms with Gasteiger partial charge in [-0.25, -0.2) is 0 Å². The number of nitrogens with zero attached hydrogens (tertiary/aromatic N) is 2. The molecule has 0 unspecified atom stereocenters. The first-order valence-corrected chi connectivity index (χ1v) is 9.82. The van der Waals surface area contributed by atoms with E-state index in [2.05, 4.69) is 16.5 Å². The van der Waals surface area contributed by atoms with Crippen LogP contribution in [0.4, 0.5) is 0 Å². The lowest BCUT2D eigenvalue weighted by Crippen LogP contribution is -2.16. The molecule has 136 valence electrons. The van der Waals surface area contributed by atoms with Crippen molar-refractivity contribution in [1.29, 1.82) is 0 Å². The van der Waals surface area contributed by atoms with Gasteiger partial charge in [-0.3, -0.25) is 4.79 Å². The van der Waals surface area contributed by atoms with Gasteiger partial charge in [0.2, 0.25) is 0 Å². The molecule has 0 aliphatic carbocycles. The predicted octanol–water partition coefficient (Wildman–Crippen LogP) is 5.29. The predicted molar refractivity (Wildman–Crippen MR) is 107 cm³/mol. The SMILES string of the molecule is CCCn1c(=NC(=O)c2ccc(OC(C)C)cc2)sc2cc(Cl)ccc21. The van der Waals surface area contributed by atoms with Crippen LogP contribution >= 0.6 is 22.9 Å². The average Bonchev–Trinajstić information content (AvgIpc) is 2.91. The minimum atomic E-state index is -0.261. The van der Waals surface area contributed by atoms with Crippen LogP contribution in [-0.4, -0.2) is 16.6 Å². The van der Waals surface area contributed by atoms with Crippen LogP contribution in [0.3, 0.4) is 0 Å². The summed E-state index contributed by atoms with van der Waals surface area (Å²) in [6.45, 7) is 6.84. The van der Waals surface area contributed by atoms with Crippen molar-refractivity contribution in [1.82, 2.24) is 4.57 Å². The van der Waals surface area contributed by atoms with E-state index in [0.29, 0.717) is 15.4 Å². The van der Waals surface area contributed by atoms with Crippen molar-refractivity contribution in [2.75, 3.05) is 0 Å². The number of hydrogen-bond donors (Lipinski definition) is 0. The van der Waals surface area contributed by atoms with Gasteiger partial charge >= 0.3 is 0 Å². The molecule has 6 heteroatoms. The van der Waals surface area contributed by atoms with Gasteiger partial charge in [0.1, 0.15) is 5.75 Å². The Balaban J connectivity index is 1.98. The van der Waals surface area contributed by atoms with Crippen LogP contribution in [0, 0.1) is 0 Å². The molecule has 0 spiro atoms. The number of halogens is 1. The maximum Gasteiger partial charge on any atom is 0.279 e. The van der Waals surface area contributed by atoms with Crippen molar-refractivity contribution in [3.63, 3.8) is 0 Å². The van der Waals surface area contributed by atoms with Crippen LogP contribution < -0.4 is 9.54 Å². The summed E-state index contributed by atoms with van der Waals surface area (Å²) < 4.78 is 8.71. The first kappa shape index (κ1) is 18.7. The summed E-state index contributed by atoms with van der Waals surface area (Å²) in [4.78, 5) is 17.7. The molecule has 4 nitrogen and oxygen atoms in total. The molecule has 0 radical (unpaired) electrons. The highest BCUT2D eigenvalue weighted by atomic mass is 35.5. The highest BCUT2D eigenvalue weighted by Gasteiger charge is 2.10.